The minimum atomic E-state index is 0.310. The fourth-order valence-corrected chi connectivity index (χ4v) is 4.13. The Morgan fingerprint density at radius 3 is 3.06 bits per heavy atom. The summed E-state index contributed by atoms with van der Waals surface area (Å²) in [5, 5.41) is 0. The van der Waals surface area contributed by atoms with E-state index in [1.54, 1.807) is 0 Å². The molecule has 0 amide bonds. The number of para-hydroxylation sites is 1. The summed E-state index contributed by atoms with van der Waals surface area (Å²) >= 11 is 2.06. The molecule has 0 spiro atoms. The van der Waals surface area contributed by atoms with Crippen molar-refractivity contribution in [2.24, 2.45) is 0 Å². The summed E-state index contributed by atoms with van der Waals surface area (Å²) in [7, 11) is 0. The molecule has 1 unspecified atom stereocenters. The van der Waals surface area contributed by atoms with Gasteiger partial charge in [-0.25, -0.2) is 4.98 Å². The molecule has 96 valence electrons. The van der Waals surface area contributed by atoms with Gasteiger partial charge >= 0.3 is 0 Å². The van der Waals surface area contributed by atoms with Gasteiger partial charge in [0.25, 0.3) is 0 Å². The lowest BCUT2D eigenvalue weighted by Gasteiger charge is -2.24. The Bertz CT molecular complexity index is 582. The van der Waals surface area contributed by atoms with E-state index in [4.69, 9.17) is 5.73 Å². The molecule has 0 bridgehead atoms. The van der Waals surface area contributed by atoms with E-state index in [1.165, 1.54) is 29.7 Å². The normalized spacial score (nSPS) is 23.9. The molecule has 3 rings (SSSR count). The summed E-state index contributed by atoms with van der Waals surface area (Å²) in [5.74, 6) is 1.91. The molecule has 0 saturated carbocycles. The summed E-state index contributed by atoms with van der Waals surface area (Å²) in [5.41, 5.74) is 9.57. The number of hydrogen-bond acceptors (Lipinski definition) is 3. The Morgan fingerprint density at radius 2 is 2.33 bits per heavy atom. The van der Waals surface area contributed by atoms with Crippen molar-refractivity contribution < 1.29 is 0 Å². The number of imidazole rings is 1. The zero-order chi connectivity index (χ0) is 12.8. The van der Waals surface area contributed by atoms with Crippen LogP contribution < -0.4 is 5.73 Å². The van der Waals surface area contributed by atoms with Crippen molar-refractivity contribution in [3.05, 3.63) is 23.8 Å². The van der Waals surface area contributed by atoms with Crippen molar-refractivity contribution in [3.63, 3.8) is 0 Å². The highest BCUT2D eigenvalue weighted by Crippen LogP contribution is 2.40. The zero-order valence-corrected chi connectivity index (χ0v) is 11.8. The molecule has 0 radical (unpaired) electrons. The van der Waals surface area contributed by atoms with Crippen molar-refractivity contribution in [2.75, 3.05) is 11.5 Å². The predicted molar refractivity (Wildman–Crippen MR) is 79.0 cm³/mol. The lowest BCUT2D eigenvalue weighted by Crippen LogP contribution is -2.24. The van der Waals surface area contributed by atoms with Crippen LogP contribution in [0.1, 0.15) is 25.3 Å². The number of anilines is 1. The van der Waals surface area contributed by atoms with Gasteiger partial charge in [-0.05, 0) is 44.1 Å². The molecule has 1 aliphatic heterocycles. The molecule has 1 aliphatic rings. The molecule has 1 saturated heterocycles. The lowest BCUT2D eigenvalue weighted by molar-refractivity contribution is 0.522. The highest BCUT2D eigenvalue weighted by atomic mass is 32.2. The van der Waals surface area contributed by atoms with Gasteiger partial charge in [0, 0.05) is 11.3 Å². The Kier molecular flexibility index (Phi) is 2.77. The molecule has 1 aromatic carbocycles. The molecule has 2 aromatic rings. The van der Waals surface area contributed by atoms with Gasteiger partial charge in [-0.3, -0.25) is 0 Å². The number of nitrogens with zero attached hydrogens (tertiary/aromatic N) is 2. The topological polar surface area (TPSA) is 43.8 Å². The van der Waals surface area contributed by atoms with Gasteiger partial charge < -0.3 is 10.3 Å². The van der Waals surface area contributed by atoms with Crippen LogP contribution >= 0.6 is 11.8 Å². The van der Waals surface area contributed by atoms with Crippen LogP contribution in [-0.2, 0) is 6.54 Å². The molecular formula is C14H19N3S. The first-order valence-corrected chi connectivity index (χ1v) is 7.43. The molecule has 0 aliphatic carbocycles. The Labute approximate surface area is 112 Å². The number of hydrogen-bond donors (Lipinski definition) is 1. The van der Waals surface area contributed by atoms with Gasteiger partial charge in [0.1, 0.15) is 0 Å². The zero-order valence-electron chi connectivity index (χ0n) is 10.9. The van der Waals surface area contributed by atoms with Crippen molar-refractivity contribution in [1.29, 1.82) is 0 Å². The minimum Gasteiger partial charge on any atom is -0.369 e. The number of rotatable bonds is 2. The molecule has 18 heavy (non-hydrogen) atoms. The van der Waals surface area contributed by atoms with Crippen molar-refractivity contribution >= 4 is 28.7 Å². The largest absolute Gasteiger partial charge is 0.369 e. The second-order valence-electron chi connectivity index (χ2n) is 5.40. The highest BCUT2D eigenvalue weighted by Gasteiger charge is 2.31. The van der Waals surface area contributed by atoms with Crippen LogP contribution in [0.2, 0.25) is 0 Å². The second kappa shape index (κ2) is 4.19. The van der Waals surface area contributed by atoms with Crippen molar-refractivity contribution in [1.82, 2.24) is 9.55 Å². The van der Waals surface area contributed by atoms with Crippen LogP contribution in [0.25, 0.3) is 11.0 Å². The molecule has 3 nitrogen and oxygen atoms in total. The predicted octanol–water partition coefficient (Wildman–Crippen LogP) is 3.21. The van der Waals surface area contributed by atoms with Crippen molar-refractivity contribution in [3.8, 4) is 0 Å². The Hall–Kier alpha value is -1.16. The van der Waals surface area contributed by atoms with Gasteiger partial charge in [-0.2, -0.15) is 11.8 Å². The maximum atomic E-state index is 6.10. The molecule has 1 fully saturated rings. The number of fused-ring (bicyclic) bond motifs is 1. The summed E-state index contributed by atoms with van der Waals surface area (Å²) in [6.07, 6.45) is 2.58. The smallest absolute Gasteiger partial charge is 0.201 e. The van der Waals surface area contributed by atoms with Crippen LogP contribution in [0.4, 0.5) is 5.95 Å². The molecule has 1 aromatic heterocycles. The number of aromatic nitrogens is 2. The van der Waals surface area contributed by atoms with E-state index in [1.807, 2.05) is 12.1 Å². The van der Waals surface area contributed by atoms with Crippen LogP contribution in [0.3, 0.4) is 0 Å². The maximum Gasteiger partial charge on any atom is 0.201 e. The maximum absolute atomic E-state index is 6.10. The summed E-state index contributed by atoms with van der Waals surface area (Å²) in [4.78, 5) is 4.48. The number of thioether (sulfide) groups is 1. The summed E-state index contributed by atoms with van der Waals surface area (Å²) in [6, 6.07) is 6.21. The first-order chi connectivity index (χ1) is 8.59. The highest BCUT2D eigenvalue weighted by molar-refractivity contribution is 8.00. The van der Waals surface area contributed by atoms with E-state index in [0.717, 1.165) is 12.1 Å². The van der Waals surface area contributed by atoms with Crippen LogP contribution in [0.5, 0.6) is 0 Å². The van der Waals surface area contributed by atoms with Crippen LogP contribution in [0.15, 0.2) is 18.2 Å². The molecule has 2 heterocycles. The molecule has 2 N–H and O–H groups in total. The standard InChI is InChI=1S/C14H19N3S/c1-10-5-3-6-11-12(10)17(13(15)16-11)9-14(2)7-4-8-18-14/h3,5-6H,4,7-9H2,1-2H3,(H2,15,16). The van der Waals surface area contributed by atoms with E-state index in [9.17, 15) is 0 Å². The van der Waals surface area contributed by atoms with Gasteiger partial charge in [0.05, 0.1) is 11.0 Å². The van der Waals surface area contributed by atoms with Crippen LogP contribution in [-0.4, -0.2) is 20.1 Å². The first kappa shape index (κ1) is 11.9. The average molecular weight is 261 g/mol. The Morgan fingerprint density at radius 1 is 1.50 bits per heavy atom. The second-order valence-corrected chi connectivity index (χ2v) is 7.08. The van der Waals surface area contributed by atoms with E-state index in [2.05, 4.69) is 41.2 Å². The summed E-state index contributed by atoms with van der Waals surface area (Å²) in [6.45, 7) is 5.43. The fourth-order valence-electron chi connectivity index (χ4n) is 2.84. The third-order valence-electron chi connectivity index (χ3n) is 3.79. The van der Waals surface area contributed by atoms with E-state index in [-0.39, 0.29) is 0 Å². The number of aryl methyl sites for hydroxylation is 1. The third-order valence-corrected chi connectivity index (χ3v) is 5.31. The Balaban J connectivity index is 2.08. The SMILES string of the molecule is Cc1cccc2nc(N)n(CC3(C)CCCS3)c12. The number of nitrogen functional groups attached to an aromatic ring is 1. The minimum absolute atomic E-state index is 0.310. The monoisotopic (exact) mass is 261 g/mol. The van der Waals surface area contributed by atoms with Gasteiger partial charge in [-0.1, -0.05) is 12.1 Å². The quantitative estimate of drug-likeness (QED) is 0.902. The van der Waals surface area contributed by atoms with E-state index in [0.29, 0.717) is 10.7 Å². The molecular weight excluding hydrogens is 242 g/mol. The number of benzene rings is 1. The fraction of sp³-hybridized carbons (Fsp3) is 0.500. The third kappa shape index (κ3) is 1.88. The van der Waals surface area contributed by atoms with Crippen molar-refractivity contribution in [2.45, 2.75) is 38.0 Å². The van der Waals surface area contributed by atoms with Gasteiger partial charge in [0.15, 0.2) is 0 Å². The molecule has 1 atom stereocenters. The van der Waals surface area contributed by atoms with E-state index < -0.39 is 0 Å². The molecule has 4 heteroatoms. The first-order valence-electron chi connectivity index (χ1n) is 6.44. The average Bonchev–Trinajstić information content (AvgIpc) is 2.86. The summed E-state index contributed by atoms with van der Waals surface area (Å²) < 4.78 is 2.51. The van der Waals surface area contributed by atoms with Gasteiger partial charge in [-0.15, -0.1) is 0 Å². The van der Waals surface area contributed by atoms with Crippen LogP contribution in [0, 0.1) is 6.92 Å². The number of nitrogens with two attached hydrogens (primary N) is 1. The van der Waals surface area contributed by atoms with E-state index >= 15 is 0 Å². The van der Waals surface area contributed by atoms with Gasteiger partial charge in [0.2, 0.25) is 5.95 Å². The lowest BCUT2D eigenvalue weighted by atomic mass is 10.1.